The number of Topliss-reactive ketones (excluding diaryl/α,β-unsaturated/α-hetero) is 3. The van der Waals surface area contributed by atoms with Crippen molar-refractivity contribution in [2.45, 2.75) is 99.1 Å². The van der Waals surface area contributed by atoms with Gasteiger partial charge in [-0.15, -0.1) is 0 Å². The molecule has 0 fully saturated rings. The van der Waals surface area contributed by atoms with E-state index in [2.05, 4.69) is 5.32 Å². The van der Waals surface area contributed by atoms with E-state index in [-0.39, 0.29) is 117 Å². The Morgan fingerprint density at radius 3 is 1.72 bits per heavy atom. The van der Waals surface area contributed by atoms with Crippen molar-refractivity contribution in [3.63, 3.8) is 0 Å². The van der Waals surface area contributed by atoms with Crippen LogP contribution in [0.2, 0.25) is 0 Å². The number of hydrogen-bond acceptors (Lipinski definition) is 17. The van der Waals surface area contributed by atoms with E-state index in [4.69, 9.17) is 42.9 Å². The lowest BCUT2D eigenvalue weighted by Gasteiger charge is -2.40. The molecule has 478 valence electrons. The lowest BCUT2D eigenvalue weighted by atomic mass is 9.83. The fourth-order valence-electron chi connectivity index (χ4n) is 9.32. The van der Waals surface area contributed by atoms with Gasteiger partial charge in [-0.3, -0.25) is 38.5 Å². The van der Waals surface area contributed by atoms with E-state index in [1.807, 2.05) is 69.5 Å². The maximum atomic E-state index is 15.1. The summed E-state index contributed by atoms with van der Waals surface area (Å²) in [6.45, 7) is 17.0. The smallest absolute Gasteiger partial charge is 0.253 e. The number of nitrogens with one attached hydrogen (secondary N) is 1. The second kappa shape index (κ2) is 40.4. The fourth-order valence-corrected chi connectivity index (χ4v) is 9.32. The summed E-state index contributed by atoms with van der Waals surface area (Å²) in [6.07, 6.45) is 5.43. The van der Waals surface area contributed by atoms with Crippen molar-refractivity contribution in [1.29, 1.82) is 0 Å². The Morgan fingerprint density at radius 1 is 0.663 bits per heavy atom. The largest absolute Gasteiger partial charge is 0.387 e. The molecule has 1 aliphatic heterocycles. The number of ether oxygens (including phenoxy) is 8. The molecule has 23 heteroatoms. The van der Waals surface area contributed by atoms with Gasteiger partial charge in [0.15, 0.2) is 0 Å². The number of imidazole rings is 1. The van der Waals surface area contributed by atoms with Crippen molar-refractivity contribution >= 4 is 41.0 Å². The third-order valence-corrected chi connectivity index (χ3v) is 13.9. The standard InChI is InChI=1S/C63H91F2N5O16/c1-46(2)52(42-51(73)20-25-80-27-29-82-31-33-84-35-37-86-39-38-85-36-34-83-32-30-81-28-26-79-24-10-14-50(72)19-23-69-57(75)17-18-58(69)76)56(74)40-47(3)62(78)66-21-11-22-70(59(77)45-71)60(63(4,5)6)61-67-55(53-41-49(64)15-16-54(53)65)44-68(61)43-48-12-8-7-9-13-48/h7-9,12-13,15-18,41,44,46-47,52,60,71H,10-11,14,19-40,42-43,45H2,1-6H3,(H,66,78)/t47-,52+,60+/m1/s1. The van der Waals surface area contributed by atoms with E-state index in [1.54, 1.807) is 13.1 Å². The van der Waals surface area contributed by atoms with Gasteiger partial charge in [-0.05, 0) is 47.9 Å². The van der Waals surface area contributed by atoms with E-state index in [0.29, 0.717) is 118 Å². The first-order valence-electron chi connectivity index (χ1n) is 29.8. The summed E-state index contributed by atoms with van der Waals surface area (Å²) in [5, 5.41) is 13.1. The highest BCUT2D eigenvalue weighted by Gasteiger charge is 2.38. The molecule has 3 atom stereocenters. The summed E-state index contributed by atoms with van der Waals surface area (Å²) in [6, 6.07) is 11.9. The quantitative estimate of drug-likeness (QED) is 0.0465. The molecule has 2 heterocycles. The van der Waals surface area contributed by atoms with Crippen molar-refractivity contribution in [2.75, 3.05) is 132 Å². The molecule has 0 spiro atoms. The zero-order valence-electron chi connectivity index (χ0n) is 51.1. The zero-order chi connectivity index (χ0) is 62.7. The van der Waals surface area contributed by atoms with Crippen LogP contribution in [0, 0.1) is 34.8 Å². The van der Waals surface area contributed by atoms with Gasteiger partial charge in [-0.1, -0.05) is 71.9 Å². The Labute approximate surface area is 504 Å². The van der Waals surface area contributed by atoms with Crippen LogP contribution in [0.1, 0.15) is 104 Å². The minimum Gasteiger partial charge on any atom is -0.387 e. The normalized spacial score (nSPS) is 13.6. The third kappa shape index (κ3) is 27.4. The Balaban J connectivity index is 0.999. The lowest BCUT2D eigenvalue weighted by Crippen LogP contribution is -2.45. The van der Waals surface area contributed by atoms with Crippen LogP contribution < -0.4 is 5.32 Å². The zero-order valence-corrected chi connectivity index (χ0v) is 51.1. The number of ketones is 3. The maximum absolute atomic E-state index is 15.1. The van der Waals surface area contributed by atoms with E-state index < -0.39 is 47.4 Å². The first kappa shape index (κ1) is 72.5. The predicted molar refractivity (Wildman–Crippen MR) is 314 cm³/mol. The van der Waals surface area contributed by atoms with Crippen molar-refractivity contribution in [2.24, 2.45) is 23.2 Å². The first-order chi connectivity index (χ1) is 41.3. The lowest BCUT2D eigenvalue weighted by molar-refractivity contribution is -0.140. The number of rotatable bonds is 48. The average molecular weight is 1210 g/mol. The summed E-state index contributed by atoms with van der Waals surface area (Å²) >= 11 is 0. The van der Waals surface area contributed by atoms with E-state index in [0.717, 1.165) is 28.7 Å². The summed E-state index contributed by atoms with van der Waals surface area (Å²) < 4.78 is 75.5. The van der Waals surface area contributed by atoms with Gasteiger partial charge in [0, 0.05) is 101 Å². The number of carbonyl (C=O) groups is 7. The molecule has 1 aromatic heterocycles. The van der Waals surface area contributed by atoms with Gasteiger partial charge in [-0.25, -0.2) is 13.8 Å². The summed E-state index contributed by atoms with van der Waals surface area (Å²) in [5.74, 6) is -4.34. The number of amides is 4. The number of carbonyl (C=O) groups excluding carboxylic acids is 7. The molecule has 2 aromatic carbocycles. The molecule has 3 aromatic rings. The molecule has 21 nitrogen and oxygen atoms in total. The van der Waals surface area contributed by atoms with Crippen molar-refractivity contribution in [3.05, 3.63) is 89.9 Å². The summed E-state index contributed by atoms with van der Waals surface area (Å²) in [4.78, 5) is 95.9. The van der Waals surface area contributed by atoms with Gasteiger partial charge in [0.05, 0.1) is 111 Å². The Kier molecular flexibility index (Phi) is 34.1. The highest BCUT2D eigenvalue weighted by Crippen LogP contribution is 2.39. The van der Waals surface area contributed by atoms with Crippen molar-refractivity contribution < 1.29 is 85.3 Å². The van der Waals surface area contributed by atoms with Gasteiger partial charge < -0.3 is 57.8 Å². The van der Waals surface area contributed by atoms with Crippen LogP contribution in [-0.2, 0) is 78.0 Å². The van der Waals surface area contributed by atoms with E-state index in [9.17, 15) is 43.1 Å². The summed E-state index contributed by atoms with van der Waals surface area (Å²) in [5.41, 5.74) is 0.373. The molecule has 2 N–H and O–H groups in total. The minimum atomic E-state index is -0.796. The Hall–Kier alpha value is -6.02. The van der Waals surface area contributed by atoms with E-state index >= 15 is 4.39 Å². The van der Waals surface area contributed by atoms with Gasteiger partial charge in [-0.2, -0.15) is 0 Å². The molecule has 0 saturated heterocycles. The van der Waals surface area contributed by atoms with E-state index in [1.165, 1.54) is 17.1 Å². The maximum Gasteiger partial charge on any atom is 0.253 e. The molecule has 4 rings (SSSR count). The van der Waals surface area contributed by atoms with Crippen molar-refractivity contribution in [3.8, 4) is 11.3 Å². The van der Waals surface area contributed by atoms with Crippen LogP contribution >= 0.6 is 0 Å². The van der Waals surface area contributed by atoms with Crippen molar-refractivity contribution in [1.82, 2.24) is 24.7 Å². The molecule has 86 heavy (non-hydrogen) atoms. The minimum absolute atomic E-state index is 0.0254. The number of imide groups is 1. The topological polar surface area (TPSA) is 250 Å². The van der Waals surface area contributed by atoms with Crippen LogP contribution in [-0.4, -0.2) is 197 Å². The summed E-state index contributed by atoms with van der Waals surface area (Å²) in [7, 11) is 0. The molecule has 0 saturated carbocycles. The van der Waals surface area contributed by atoms with Crippen LogP contribution in [0.15, 0.2) is 66.9 Å². The van der Waals surface area contributed by atoms with Crippen LogP contribution in [0.4, 0.5) is 8.78 Å². The van der Waals surface area contributed by atoms with Gasteiger partial charge in [0.25, 0.3) is 11.8 Å². The first-order valence-corrected chi connectivity index (χ1v) is 29.8. The molecule has 1 aliphatic rings. The van der Waals surface area contributed by atoms with Gasteiger partial charge in [0.2, 0.25) is 11.8 Å². The van der Waals surface area contributed by atoms with Crippen LogP contribution in [0.25, 0.3) is 11.3 Å². The molecule has 0 aliphatic carbocycles. The predicted octanol–water partition coefficient (Wildman–Crippen LogP) is 6.31. The Morgan fingerprint density at radius 2 is 1.20 bits per heavy atom. The second-order valence-corrected chi connectivity index (χ2v) is 22.2. The molecular weight excluding hydrogens is 1120 g/mol. The number of aliphatic hydroxyl groups is 1. The molecule has 0 unspecified atom stereocenters. The second-order valence-electron chi connectivity index (χ2n) is 22.2. The SMILES string of the molecule is CC(C)[C@H](CC(=O)CCOCCOCCOCCOCCOCCOCCOCCOCCCC(=O)CCN1C(=O)C=CC1=O)C(=O)C[C@@H](C)C(=O)NCCCN(C(=O)CO)[C@@H](c1nc(-c2cc(F)ccc2F)cn1Cc1ccccc1)C(C)(C)C. The number of nitrogens with zero attached hydrogens (tertiary/aromatic N) is 4. The monoisotopic (exact) mass is 1210 g/mol. The molecule has 0 bridgehead atoms. The van der Waals surface area contributed by atoms with Crippen LogP contribution in [0.3, 0.4) is 0 Å². The number of benzene rings is 2. The molecule has 0 radical (unpaired) electrons. The number of aromatic nitrogens is 2. The highest BCUT2D eigenvalue weighted by molar-refractivity contribution is 6.13. The third-order valence-electron chi connectivity index (χ3n) is 13.9. The van der Waals surface area contributed by atoms with Gasteiger partial charge >= 0.3 is 0 Å². The number of hydrogen-bond donors (Lipinski definition) is 2. The Bertz CT molecular complexity index is 2560. The van der Waals surface area contributed by atoms with Gasteiger partial charge in [0.1, 0.15) is 41.4 Å². The molecular formula is C63H91F2N5O16. The number of halogens is 2. The highest BCUT2D eigenvalue weighted by atomic mass is 19.1. The fraction of sp³-hybridized carbons (Fsp3) is 0.619. The average Bonchev–Trinajstić information content (AvgIpc) is 1.83. The molecule has 4 amide bonds. The van der Waals surface area contributed by atoms with Crippen LogP contribution in [0.5, 0.6) is 0 Å². The number of aliphatic hydroxyl groups excluding tert-OH is 1.